The minimum atomic E-state index is -0.739. The summed E-state index contributed by atoms with van der Waals surface area (Å²) < 4.78 is 0. The van der Waals surface area contributed by atoms with Crippen LogP contribution in [0.3, 0.4) is 0 Å². The fraction of sp³-hybridized carbons (Fsp3) is 0.188. The predicted octanol–water partition coefficient (Wildman–Crippen LogP) is 2.05. The molecular formula is C16H14ClN3O2. The summed E-state index contributed by atoms with van der Waals surface area (Å²) in [6.07, 6.45) is 1.56. The van der Waals surface area contributed by atoms with Gasteiger partial charge in [0.25, 0.3) is 5.91 Å². The second-order valence-corrected chi connectivity index (χ2v) is 5.34. The third kappa shape index (κ3) is 2.67. The SMILES string of the molecule is O=C1NCCN(C(=O)c2ccccn2)C1c1ccccc1Cl. The number of carbonyl (C=O) groups is 2. The molecule has 1 saturated heterocycles. The number of hydrogen-bond acceptors (Lipinski definition) is 3. The first-order chi connectivity index (χ1) is 10.7. The van der Waals surface area contributed by atoms with Crippen LogP contribution in [0.15, 0.2) is 48.7 Å². The van der Waals surface area contributed by atoms with Crippen LogP contribution in [-0.2, 0) is 4.79 Å². The van der Waals surface area contributed by atoms with Crippen LogP contribution < -0.4 is 5.32 Å². The Morgan fingerprint density at radius 1 is 1.23 bits per heavy atom. The van der Waals surface area contributed by atoms with Gasteiger partial charge in [0.15, 0.2) is 0 Å². The van der Waals surface area contributed by atoms with Crippen molar-refractivity contribution in [3.63, 3.8) is 0 Å². The number of nitrogens with one attached hydrogen (secondary N) is 1. The Morgan fingerprint density at radius 2 is 2.00 bits per heavy atom. The van der Waals surface area contributed by atoms with E-state index in [1.807, 2.05) is 0 Å². The largest absolute Gasteiger partial charge is 0.352 e. The third-order valence-corrected chi connectivity index (χ3v) is 3.90. The molecule has 1 aliphatic rings. The normalized spacial score (nSPS) is 18.0. The average Bonchev–Trinajstić information content (AvgIpc) is 2.56. The summed E-state index contributed by atoms with van der Waals surface area (Å²) in [6.45, 7) is 0.829. The molecule has 1 unspecified atom stereocenters. The van der Waals surface area contributed by atoms with Crippen LogP contribution in [0.4, 0.5) is 0 Å². The zero-order chi connectivity index (χ0) is 15.5. The smallest absolute Gasteiger partial charge is 0.273 e. The first-order valence-corrected chi connectivity index (χ1v) is 7.30. The average molecular weight is 316 g/mol. The summed E-state index contributed by atoms with van der Waals surface area (Å²) in [5.41, 5.74) is 0.930. The molecule has 1 aliphatic heterocycles. The van der Waals surface area contributed by atoms with Crippen molar-refractivity contribution in [2.75, 3.05) is 13.1 Å². The van der Waals surface area contributed by atoms with Crippen LogP contribution in [0, 0.1) is 0 Å². The highest BCUT2D eigenvalue weighted by Gasteiger charge is 2.36. The molecule has 1 N–H and O–H groups in total. The van der Waals surface area contributed by atoms with E-state index in [1.165, 1.54) is 4.90 Å². The van der Waals surface area contributed by atoms with Crippen molar-refractivity contribution in [3.05, 3.63) is 64.9 Å². The van der Waals surface area contributed by atoms with Crippen molar-refractivity contribution in [2.24, 2.45) is 0 Å². The van der Waals surface area contributed by atoms with Gasteiger partial charge >= 0.3 is 0 Å². The van der Waals surface area contributed by atoms with E-state index in [0.717, 1.165) is 0 Å². The molecule has 1 aromatic heterocycles. The fourth-order valence-corrected chi connectivity index (χ4v) is 2.77. The van der Waals surface area contributed by atoms with Gasteiger partial charge in [-0.25, -0.2) is 0 Å². The van der Waals surface area contributed by atoms with Crippen LogP contribution in [0.25, 0.3) is 0 Å². The van der Waals surface area contributed by atoms with Gasteiger partial charge in [0.05, 0.1) is 0 Å². The van der Waals surface area contributed by atoms with Gasteiger partial charge in [-0.3, -0.25) is 14.6 Å². The Labute approximate surface area is 132 Å². The molecule has 2 amide bonds. The lowest BCUT2D eigenvalue weighted by Crippen LogP contribution is -2.52. The lowest BCUT2D eigenvalue weighted by Gasteiger charge is -2.35. The molecule has 1 aromatic carbocycles. The maximum Gasteiger partial charge on any atom is 0.273 e. The third-order valence-electron chi connectivity index (χ3n) is 3.56. The molecule has 112 valence electrons. The van der Waals surface area contributed by atoms with Crippen LogP contribution in [0.1, 0.15) is 22.1 Å². The predicted molar refractivity (Wildman–Crippen MR) is 82.5 cm³/mol. The van der Waals surface area contributed by atoms with E-state index in [-0.39, 0.29) is 11.8 Å². The first-order valence-electron chi connectivity index (χ1n) is 6.92. The lowest BCUT2D eigenvalue weighted by atomic mass is 10.0. The number of rotatable bonds is 2. The Bertz CT molecular complexity index is 706. The van der Waals surface area contributed by atoms with Crippen molar-refractivity contribution >= 4 is 23.4 Å². The molecule has 0 spiro atoms. The molecule has 5 nitrogen and oxygen atoms in total. The lowest BCUT2D eigenvalue weighted by molar-refractivity contribution is -0.128. The molecule has 0 bridgehead atoms. The van der Waals surface area contributed by atoms with Crippen molar-refractivity contribution < 1.29 is 9.59 Å². The van der Waals surface area contributed by atoms with Crippen LogP contribution >= 0.6 is 11.6 Å². The summed E-state index contributed by atoms with van der Waals surface area (Å²) in [7, 11) is 0. The van der Waals surface area contributed by atoms with E-state index in [2.05, 4.69) is 10.3 Å². The molecule has 6 heteroatoms. The van der Waals surface area contributed by atoms with Crippen molar-refractivity contribution in [2.45, 2.75) is 6.04 Å². The zero-order valence-electron chi connectivity index (χ0n) is 11.7. The molecule has 1 fully saturated rings. The number of halogens is 1. The van der Waals surface area contributed by atoms with Gasteiger partial charge in [0.2, 0.25) is 5.91 Å². The highest BCUT2D eigenvalue weighted by atomic mass is 35.5. The number of pyridine rings is 1. The summed E-state index contributed by atoms with van der Waals surface area (Å²) in [4.78, 5) is 30.6. The van der Waals surface area contributed by atoms with Crippen LogP contribution in [-0.4, -0.2) is 34.8 Å². The Balaban J connectivity index is 1.99. The second kappa shape index (κ2) is 6.15. The van der Waals surface area contributed by atoms with E-state index in [9.17, 15) is 9.59 Å². The van der Waals surface area contributed by atoms with Gasteiger partial charge < -0.3 is 10.2 Å². The van der Waals surface area contributed by atoms with Crippen molar-refractivity contribution in [1.82, 2.24) is 15.2 Å². The van der Waals surface area contributed by atoms with Gasteiger partial charge in [-0.2, -0.15) is 0 Å². The number of hydrogen-bond donors (Lipinski definition) is 1. The topological polar surface area (TPSA) is 62.3 Å². The summed E-state index contributed by atoms with van der Waals surface area (Å²) in [5.74, 6) is -0.510. The van der Waals surface area contributed by atoms with Gasteiger partial charge in [-0.15, -0.1) is 0 Å². The van der Waals surface area contributed by atoms with Crippen molar-refractivity contribution in [1.29, 1.82) is 0 Å². The monoisotopic (exact) mass is 315 g/mol. The second-order valence-electron chi connectivity index (χ2n) is 4.93. The molecule has 0 radical (unpaired) electrons. The summed E-state index contributed by atoms with van der Waals surface area (Å²) in [5, 5.41) is 3.24. The molecule has 1 atom stereocenters. The molecular weight excluding hydrogens is 302 g/mol. The van der Waals surface area contributed by atoms with E-state index >= 15 is 0 Å². The minimum Gasteiger partial charge on any atom is -0.352 e. The van der Waals surface area contributed by atoms with E-state index < -0.39 is 6.04 Å². The van der Waals surface area contributed by atoms with E-state index in [0.29, 0.717) is 29.4 Å². The van der Waals surface area contributed by atoms with E-state index in [4.69, 9.17) is 11.6 Å². The highest BCUT2D eigenvalue weighted by Crippen LogP contribution is 2.30. The number of amides is 2. The number of piperazine rings is 1. The van der Waals surface area contributed by atoms with Crippen molar-refractivity contribution in [3.8, 4) is 0 Å². The van der Waals surface area contributed by atoms with Gasteiger partial charge in [-0.05, 0) is 18.2 Å². The highest BCUT2D eigenvalue weighted by molar-refractivity contribution is 6.31. The van der Waals surface area contributed by atoms with Gasteiger partial charge in [0.1, 0.15) is 11.7 Å². The molecule has 3 rings (SSSR count). The number of benzene rings is 1. The zero-order valence-corrected chi connectivity index (χ0v) is 12.5. The standard InChI is InChI=1S/C16H14ClN3O2/c17-12-6-2-1-5-11(12)14-15(21)19-9-10-20(14)16(22)13-7-3-4-8-18-13/h1-8,14H,9-10H2,(H,19,21). The Hall–Kier alpha value is -2.40. The Morgan fingerprint density at radius 3 is 2.73 bits per heavy atom. The molecule has 22 heavy (non-hydrogen) atoms. The van der Waals surface area contributed by atoms with E-state index in [1.54, 1.807) is 48.7 Å². The number of carbonyl (C=O) groups excluding carboxylic acids is 2. The Kier molecular flexibility index (Phi) is 4.06. The summed E-state index contributed by atoms with van der Waals surface area (Å²) >= 11 is 6.21. The van der Waals surface area contributed by atoms with Gasteiger partial charge in [-0.1, -0.05) is 35.9 Å². The molecule has 2 aromatic rings. The molecule has 0 aliphatic carbocycles. The number of nitrogens with zero attached hydrogens (tertiary/aromatic N) is 2. The molecule has 0 saturated carbocycles. The van der Waals surface area contributed by atoms with Crippen LogP contribution in [0.5, 0.6) is 0 Å². The summed E-state index contributed by atoms with van der Waals surface area (Å²) in [6, 6.07) is 11.4. The number of aromatic nitrogens is 1. The first kappa shape index (κ1) is 14.5. The maximum atomic E-state index is 12.7. The quantitative estimate of drug-likeness (QED) is 0.922. The molecule has 2 heterocycles. The fourth-order valence-electron chi connectivity index (χ4n) is 2.53. The minimum absolute atomic E-state index is 0.233. The van der Waals surface area contributed by atoms with Gasteiger partial charge in [0, 0.05) is 29.9 Å². The van der Waals surface area contributed by atoms with Crippen LogP contribution in [0.2, 0.25) is 5.02 Å². The maximum absolute atomic E-state index is 12.7.